The van der Waals surface area contributed by atoms with Crippen LogP contribution in [0.4, 0.5) is 0 Å². The van der Waals surface area contributed by atoms with Crippen LogP contribution in [-0.2, 0) is 23.8 Å². The standard InChI is InChI=1S/C33H49N3O6/c1-23(42-21-24-6-4-3-5-7-24)29(35-30(37)28-20-34-22-33(28)14-18-41-19-15-33)31(38)36-16-12-26(13-17-36)25-8-10-27(11-9-25)32(39)40-2/h8-11,23-24,26,28-29,34H,3-7,12-22H2,1-2H3,(H,35,37)/t23-,28?,29+/m1/s1. The van der Waals surface area contributed by atoms with Gasteiger partial charge in [-0.3, -0.25) is 9.59 Å². The summed E-state index contributed by atoms with van der Waals surface area (Å²) in [5.74, 6) is 0.220. The highest BCUT2D eigenvalue weighted by atomic mass is 16.5. The van der Waals surface area contributed by atoms with Gasteiger partial charge in [-0.15, -0.1) is 0 Å². The lowest BCUT2D eigenvalue weighted by molar-refractivity contribution is -0.144. The normalized spacial score (nSPS) is 24.7. The number of amides is 2. The molecule has 0 aromatic heterocycles. The SMILES string of the molecule is COC(=O)c1ccc(C2CCN(C(=O)[C@@H](NC(=O)C3CNCC34CCOCC4)[C@@H](C)OCC3CCCCC3)CC2)cc1. The number of hydrogen-bond donors (Lipinski definition) is 2. The lowest BCUT2D eigenvalue weighted by Gasteiger charge is -2.39. The maximum absolute atomic E-state index is 14.0. The van der Waals surface area contributed by atoms with Crippen LogP contribution in [0.25, 0.3) is 0 Å². The molecule has 5 rings (SSSR count). The maximum Gasteiger partial charge on any atom is 0.337 e. The quantitative estimate of drug-likeness (QED) is 0.428. The van der Waals surface area contributed by atoms with Gasteiger partial charge in [0.25, 0.3) is 0 Å². The van der Waals surface area contributed by atoms with E-state index in [4.69, 9.17) is 14.2 Å². The van der Waals surface area contributed by atoms with Crippen LogP contribution in [0.3, 0.4) is 0 Å². The summed E-state index contributed by atoms with van der Waals surface area (Å²) in [5.41, 5.74) is 1.60. The van der Waals surface area contributed by atoms with Crippen LogP contribution in [0.15, 0.2) is 24.3 Å². The molecule has 3 saturated heterocycles. The molecule has 1 aromatic carbocycles. The second kappa shape index (κ2) is 14.3. The van der Waals surface area contributed by atoms with Crippen LogP contribution in [0, 0.1) is 17.3 Å². The molecule has 4 aliphatic rings. The first-order chi connectivity index (χ1) is 20.4. The van der Waals surface area contributed by atoms with Crippen LogP contribution in [-0.4, -0.2) is 87.9 Å². The van der Waals surface area contributed by atoms with Crippen LogP contribution < -0.4 is 10.6 Å². The van der Waals surface area contributed by atoms with Gasteiger partial charge in [0.1, 0.15) is 6.04 Å². The van der Waals surface area contributed by atoms with Crippen molar-refractivity contribution < 1.29 is 28.6 Å². The first kappa shape index (κ1) is 31.0. The van der Waals surface area contributed by atoms with Crippen molar-refractivity contribution in [3.05, 3.63) is 35.4 Å². The lowest BCUT2D eigenvalue weighted by atomic mass is 9.71. The number of carbonyl (C=O) groups excluding carboxylic acids is 3. The molecule has 3 aliphatic heterocycles. The van der Waals surface area contributed by atoms with E-state index in [2.05, 4.69) is 10.6 Å². The Morgan fingerprint density at radius 3 is 2.40 bits per heavy atom. The summed E-state index contributed by atoms with van der Waals surface area (Å²) in [5, 5.41) is 6.64. The van der Waals surface area contributed by atoms with E-state index in [-0.39, 0.29) is 29.1 Å². The van der Waals surface area contributed by atoms with E-state index in [1.807, 2.05) is 24.0 Å². The molecule has 1 aromatic rings. The molecular weight excluding hydrogens is 534 g/mol. The summed E-state index contributed by atoms with van der Waals surface area (Å²) >= 11 is 0. The highest BCUT2D eigenvalue weighted by molar-refractivity contribution is 5.90. The number of benzene rings is 1. The molecular formula is C33H49N3O6. The summed E-state index contributed by atoms with van der Waals surface area (Å²) in [4.78, 5) is 41.6. The largest absolute Gasteiger partial charge is 0.465 e. The average Bonchev–Trinajstić information content (AvgIpc) is 3.45. The first-order valence-corrected chi connectivity index (χ1v) is 16.1. The number of piperidine rings is 1. The fourth-order valence-electron chi connectivity index (χ4n) is 7.49. The van der Waals surface area contributed by atoms with Crippen molar-refractivity contribution in [3.63, 3.8) is 0 Å². The van der Waals surface area contributed by atoms with Gasteiger partial charge >= 0.3 is 5.97 Å². The van der Waals surface area contributed by atoms with Crippen LogP contribution in [0.2, 0.25) is 0 Å². The molecule has 3 heterocycles. The van der Waals surface area contributed by atoms with Gasteiger partial charge in [-0.05, 0) is 80.4 Å². The van der Waals surface area contributed by atoms with E-state index < -0.39 is 12.1 Å². The third kappa shape index (κ3) is 7.17. The van der Waals surface area contributed by atoms with Crippen molar-refractivity contribution in [1.29, 1.82) is 0 Å². The molecule has 1 saturated carbocycles. The minimum atomic E-state index is -0.713. The van der Waals surface area contributed by atoms with Gasteiger partial charge in [-0.2, -0.15) is 0 Å². The predicted octanol–water partition coefficient (Wildman–Crippen LogP) is 3.67. The van der Waals surface area contributed by atoms with Gasteiger partial charge < -0.3 is 29.7 Å². The fourth-order valence-corrected chi connectivity index (χ4v) is 7.49. The molecule has 2 N–H and O–H groups in total. The van der Waals surface area contributed by atoms with E-state index in [9.17, 15) is 14.4 Å². The van der Waals surface area contributed by atoms with Gasteiger partial charge in [-0.25, -0.2) is 4.79 Å². The fraction of sp³-hybridized carbons (Fsp3) is 0.727. The summed E-state index contributed by atoms with van der Waals surface area (Å²) in [6.45, 7) is 6.62. The van der Waals surface area contributed by atoms with Crippen molar-refractivity contribution in [2.24, 2.45) is 17.3 Å². The van der Waals surface area contributed by atoms with Gasteiger partial charge in [0, 0.05) is 46.0 Å². The summed E-state index contributed by atoms with van der Waals surface area (Å²) in [6.07, 6.45) is 9.08. The second-order valence-electron chi connectivity index (χ2n) is 12.9. The minimum Gasteiger partial charge on any atom is -0.465 e. The third-order valence-electron chi connectivity index (χ3n) is 10.3. The summed E-state index contributed by atoms with van der Waals surface area (Å²) in [7, 11) is 1.38. The van der Waals surface area contributed by atoms with E-state index >= 15 is 0 Å². The number of nitrogens with zero attached hydrogens (tertiary/aromatic N) is 1. The molecule has 2 amide bonds. The number of hydrogen-bond acceptors (Lipinski definition) is 7. The minimum absolute atomic E-state index is 0.0473. The second-order valence-corrected chi connectivity index (χ2v) is 12.9. The van der Waals surface area contributed by atoms with E-state index in [0.717, 1.165) is 32.2 Å². The van der Waals surface area contributed by atoms with Gasteiger partial charge in [0.2, 0.25) is 11.8 Å². The molecule has 4 fully saturated rings. The Balaban J connectivity index is 1.24. The zero-order chi connectivity index (χ0) is 29.5. The van der Waals surface area contributed by atoms with Crippen molar-refractivity contribution in [2.75, 3.05) is 53.1 Å². The van der Waals surface area contributed by atoms with Crippen LogP contribution in [0.1, 0.15) is 86.6 Å². The van der Waals surface area contributed by atoms with Crippen LogP contribution in [0.5, 0.6) is 0 Å². The van der Waals surface area contributed by atoms with Crippen molar-refractivity contribution >= 4 is 17.8 Å². The summed E-state index contributed by atoms with van der Waals surface area (Å²) < 4.78 is 16.8. The number of carbonyl (C=O) groups is 3. The topological polar surface area (TPSA) is 106 Å². The smallest absolute Gasteiger partial charge is 0.337 e. The number of likely N-dealkylation sites (tertiary alicyclic amines) is 1. The Hall–Kier alpha value is -2.49. The van der Waals surface area contributed by atoms with E-state index in [0.29, 0.717) is 56.9 Å². The number of esters is 1. The molecule has 42 heavy (non-hydrogen) atoms. The van der Waals surface area contributed by atoms with Gasteiger partial charge in [-0.1, -0.05) is 31.4 Å². The average molecular weight is 584 g/mol. The highest BCUT2D eigenvalue weighted by Gasteiger charge is 2.48. The number of rotatable bonds is 9. The molecule has 9 heteroatoms. The third-order valence-corrected chi connectivity index (χ3v) is 10.3. The zero-order valence-corrected chi connectivity index (χ0v) is 25.4. The van der Waals surface area contributed by atoms with Crippen molar-refractivity contribution in [1.82, 2.24) is 15.5 Å². The zero-order valence-electron chi connectivity index (χ0n) is 25.4. The molecule has 1 spiro atoms. The number of methoxy groups -OCH3 is 1. The highest BCUT2D eigenvalue weighted by Crippen LogP contribution is 2.41. The molecule has 1 aliphatic carbocycles. The molecule has 3 atom stereocenters. The monoisotopic (exact) mass is 583 g/mol. The number of ether oxygens (including phenoxy) is 3. The Labute approximate surface area is 250 Å². The van der Waals surface area contributed by atoms with Gasteiger partial charge in [0.05, 0.1) is 24.7 Å². The molecule has 1 unspecified atom stereocenters. The number of nitrogens with one attached hydrogen (secondary N) is 2. The van der Waals surface area contributed by atoms with Crippen molar-refractivity contribution in [2.45, 2.75) is 82.8 Å². The van der Waals surface area contributed by atoms with Gasteiger partial charge in [0.15, 0.2) is 0 Å². The van der Waals surface area contributed by atoms with Crippen LogP contribution >= 0.6 is 0 Å². The van der Waals surface area contributed by atoms with E-state index in [1.54, 1.807) is 12.1 Å². The molecule has 0 radical (unpaired) electrons. The summed E-state index contributed by atoms with van der Waals surface area (Å²) in [6, 6.07) is 6.87. The Morgan fingerprint density at radius 1 is 1.05 bits per heavy atom. The first-order valence-electron chi connectivity index (χ1n) is 16.1. The van der Waals surface area contributed by atoms with E-state index in [1.165, 1.54) is 44.8 Å². The molecule has 9 nitrogen and oxygen atoms in total. The Morgan fingerprint density at radius 2 is 1.74 bits per heavy atom. The predicted molar refractivity (Wildman–Crippen MR) is 159 cm³/mol. The Bertz CT molecular complexity index is 1060. The van der Waals surface area contributed by atoms with Crippen molar-refractivity contribution in [3.8, 4) is 0 Å². The molecule has 0 bridgehead atoms. The lowest BCUT2D eigenvalue weighted by Crippen LogP contribution is -2.58. The maximum atomic E-state index is 14.0. The Kier molecular flexibility index (Phi) is 10.6. The molecule has 232 valence electrons.